The third-order valence-electron chi connectivity index (χ3n) is 4.79. The number of benzene rings is 2. The molecular formula is C23H19N5O2S2. The van der Waals surface area contributed by atoms with E-state index >= 15 is 0 Å². The number of furan rings is 1. The quantitative estimate of drug-likeness (QED) is 0.319. The highest BCUT2D eigenvalue weighted by atomic mass is 32.2. The van der Waals surface area contributed by atoms with Crippen molar-refractivity contribution in [1.82, 2.24) is 19.7 Å². The molecule has 5 aromatic rings. The lowest BCUT2D eigenvalue weighted by atomic mass is 10.2. The Kier molecular flexibility index (Phi) is 5.74. The molecule has 0 unspecified atom stereocenters. The lowest BCUT2D eigenvalue weighted by Crippen LogP contribution is -2.14. The minimum absolute atomic E-state index is 0.110. The van der Waals surface area contributed by atoms with Crippen molar-refractivity contribution in [3.8, 4) is 22.2 Å². The van der Waals surface area contributed by atoms with Crippen molar-refractivity contribution in [2.75, 3.05) is 11.1 Å². The van der Waals surface area contributed by atoms with Crippen molar-refractivity contribution < 1.29 is 9.21 Å². The molecule has 32 heavy (non-hydrogen) atoms. The maximum Gasteiger partial charge on any atom is 0.234 e. The summed E-state index contributed by atoms with van der Waals surface area (Å²) >= 11 is 2.98. The second-order valence-corrected chi connectivity index (χ2v) is 8.91. The van der Waals surface area contributed by atoms with Gasteiger partial charge < -0.3 is 9.73 Å². The molecule has 7 nitrogen and oxygen atoms in total. The number of aromatic nitrogens is 4. The minimum Gasteiger partial charge on any atom is -0.461 e. The normalized spacial score (nSPS) is 11.2. The predicted molar refractivity (Wildman–Crippen MR) is 128 cm³/mol. The number of thioether (sulfide) groups is 1. The third kappa shape index (κ3) is 4.17. The number of fused-ring (bicyclic) bond motifs is 1. The Morgan fingerprint density at radius 2 is 2.03 bits per heavy atom. The molecule has 0 aliphatic rings. The SMILES string of the molecule is CCn1c(SCC(=O)Nc2cccc(-c3nc4ccccc4s3)c2)nnc1-c1ccco1. The largest absolute Gasteiger partial charge is 0.461 e. The summed E-state index contributed by atoms with van der Waals surface area (Å²) in [7, 11) is 0. The van der Waals surface area contributed by atoms with Gasteiger partial charge in [0.1, 0.15) is 5.01 Å². The zero-order chi connectivity index (χ0) is 21.9. The fourth-order valence-corrected chi connectivity index (χ4v) is 5.09. The van der Waals surface area contributed by atoms with E-state index in [1.165, 1.54) is 11.8 Å². The van der Waals surface area contributed by atoms with Crippen molar-refractivity contribution in [3.63, 3.8) is 0 Å². The van der Waals surface area contributed by atoms with E-state index in [0.29, 0.717) is 23.3 Å². The first kappa shape index (κ1) is 20.5. The van der Waals surface area contributed by atoms with E-state index in [2.05, 4.69) is 21.6 Å². The maximum absolute atomic E-state index is 12.6. The van der Waals surface area contributed by atoms with Gasteiger partial charge >= 0.3 is 0 Å². The Hall–Kier alpha value is -3.43. The summed E-state index contributed by atoms with van der Waals surface area (Å²) in [6, 6.07) is 19.5. The summed E-state index contributed by atoms with van der Waals surface area (Å²) in [5.74, 6) is 1.43. The molecule has 3 heterocycles. The molecule has 3 aromatic heterocycles. The van der Waals surface area contributed by atoms with Crippen LogP contribution in [0.1, 0.15) is 6.92 Å². The summed E-state index contributed by atoms with van der Waals surface area (Å²) in [5.41, 5.74) is 2.69. The monoisotopic (exact) mass is 461 g/mol. The van der Waals surface area contributed by atoms with Gasteiger partial charge in [0.2, 0.25) is 5.91 Å². The van der Waals surface area contributed by atoms with Crippen LogP contribution in [0.3, 0.4) is 0 Å². The highest BCUT2D eigenvalue weighted by molar-refractivity contribution is 7.99. The first-order chi connectivity index (χ1) is 15.7. The average Bonchev–Trinajstić information content (AvgIpc) is 3.56. The molecule has 5 rings (SSSR count). The van der Waals surface area contributed by atoms with E-state index in [9.17, 15) is 4.79 Å². The van der Waals surface area contributed by atoms with Gasteiger partial charge in [-0.3, -0.25) is 9.36 Å². The summed E-state index contributed by atoms with van der Waals surface area (Å²) in [6.45, 7) is 2.69. The van der Waals surface area contributed by atoms with E-state index in [4.69, 9.17) is 9.40 Å². The molecule has 0 fully saturated rings. The van der Waals surface area contributed by atoms with Crippen molar-refractivity contribution in [1.29, 1.82) is 0 Å². The molecular weight excluding hydrogens is 442 g/mol. The zero-order valence-corrected chi connectivity index (χ0v) is 18.8. The first-order valence-corrected chi connectivity index (χ1v) is 11.9. The fourth-order valence-electron chi connectivity index (χ4n) is 3.32. The fraction of sp³-hybridized carbons (Fsp3) is 0.130. The average molecular weight is 462 g/mol. The molecule has 0 saturated heterocycles. The number of rotatable bonds is 7. The number of hydrogen-bond donors (Lipinski definition) is 1. The molecule has 0 radical (unpaired) electrons. The molecule has 0 bridgehead atoms. The van der Waals surface area contributed by atoms with Crippen LogP contribution in [-0.2, 0) is 11.3 Å². The van der Waals surface area contributed by atoms with Gasteiger partial charge in [-0.2, -0.15) is 0 Å². The van der Waals surface area contributed by atoms with E-state index in [1.54, 1.807) is 17.6 Å². The molecule has 0 aliphatic heterocycles. The summed E-state index contributed by atoms with van der Waals surface area (Å²) in [6.07, 6.45) is 1.60. The maximum atomic E-state index is 12.6. The molecule has 0 saturated carbocycles. The molecule has 0 aliphatic carbocycles. The van der Waals surface area contributed by atoms with Crippen LogP contribution in [0.25, 0.3) is 32.4 Å². The van der Waals surface area contributed by atoms with Crippen LogP contribution in [0.5, 0.6) is 0 Å². The molecule has 0 atom stereocenters. The van der Waals surface area contributed by atoms with E-state index in [-0.39, 0.29) is 11.7 Å². The van der Waals surface area contributed by atoms with Gasteiger partial charge in [-0.25, -0.2) is 4.98 Å². The Bertz CT molecular complexity index is 1340. The zero-order valence-electron chi connectivity index (χ0n) is 17.2. The topological polar surface area (TPSA) is 85.8 Å². The van der Waals surface area contributed by atoms with Gasteiger partial charge in [0.05, 0.1) is 22.2 Å². The van der Waals surface area contributed by atoms with Gasteiger partial charge in [-0.15, -0.1) is 21.5 Å². The number of thiazole rings is 1. The highest BCUT2D eigenvalue weighted by Gasteiger charge is 2.16. The molecule has 1 amide bonds. The van der Waals surface area contributed by atoms with Crippen LogP contribution in [0, 0.1) is 0 Å². The highest BCUT2D eigenvalue weighted by Crippen LogP contribution is 2.31. The van der Waals surface area contributed by atoms with Gasteiger partial charge in [0, 0.05) is 17.8 Å². The lowest BCUT2D eigenvalue weighted by molar-refractivity contribution is -0.113. The number of nitrogens with one attached hydrogen (secondary N) is 1. The lowest BCUT2D eigenvalue weighted by Gasteiger charge is -2.07. The Morgan fingerprint density at radius 3 is 2.84 bits per heavy atom. The second-order valence-electron chi connectivity index (χ2n) is 6.93. The molecule has 1 N–H and O–H groups in total. The van der Waals surface area contributed by atoms with Gasteiger partial charge in [0.25, 0.3) is 0 Å². The molecule has 2 aromatic carbocycles. The van der Waals surface area contributed by atoms with Crippen LogP contribution < -0.4 is 5.32 Å². The van der Waals surface area contributed by atoms with Gasteiger partial charge in [-0.05, 0) is 43.3 Å². The van der Waals surface area contributed by atoms with E-state index in [0.717, 1.165) is 26.5 Å². The predicted octanol–water partition coefficient (Wildman–Crippen LogP) is 5.57. The Labute approximate surface area is 192 Å². The van der Waals surface area contributed by atoms with Gasteiger partial charge in [-0.1, -0.05) is 36.0 Å². The summed E-state index contributed by atoms with van der Waals surface area (Å²) < 4.78 is 8.51. The summed E-state index contributed by atoms with van der Waals surface area (Å²) in [5, 5.41) is 13.0. The van der Waals surface area contributed by atoms with Crippen molar-refractivity contribution in [2.24, 2.45) is 0 Å². The van der Waals surface area contributed by atoms with Crippen LogP contribution in [0.4, 0.5) is 5.69 Å². The number of nitrogens with zero attached hydrogens (tertiary/aromatic N) is 4. The first-order valence-electron chi connectivity index (χ1n) is 10.1. The van der Waals surface area contributed by atoms with E-state index in [1.807, 2.05) is 66.1 Å². The smallest absolute Gasteiger partial charge is 0.234 e. The second kappa shape index (κ2) is 8.97. The van der Waals surface area contributed by atoms with Crippen LogP contribution in [-0.4, -0.2) is 31.4 Å². The van der Waals surface area contributed by atoms with Crippen LogP contribution >= 0.6 is 23.1 Å². The number of anilines is 1. The van der Waals surface area contributed by atoms with Crippen molar-refractivity contribution in [3.05, 3.63) is 66.9 Å². The molecule has 0 spiro atoms. The third-order valence-corrected chi connectivity index (χ3v) is 6.85. The van der Waals surface area contributed by atoms with E-state index < -0.39 is 0 Å². The number of amides is 1. The van der Waals surface area contributed by atoms with Crippen LogP contribution in [0.2, 0.25) is 0 Å². The molecule has 9 heteroatoms. The van der Waals surface area contributed by atoms with Crippen LogP contribution in [0.15, 0.2) is 76.5 Å². The van der Waals surface area contributed by atoms with Crippen molar-refractivity contribution in [2.45, 2.75) is 18.6 Å². The standard InChI is InChI=1S/C23H19N5O2S2/c1-2-28-21(18-10-6-12-30-18)26-27-23(28)31-14-20(29)24-16-8-5-7-15(13-16)22-25-17-9-3-4-11-19(17)32-22/h3-13H,2,14H2,1H3,(H,24,29). The number of hydrogen-bond acceptors (Lipinski definition) is 7. The number of carbonyl (C=O) groups is 1. The Balaban J connectivity index is 1.27. The molecule has 160 valence electrons. The minimum atomic E-state index is -0.110. The van der Waals surface area contributed by atoms with Gasteiger partial charge in [0.15, 0.2) is 16.7 Å². The summed E-state index contributed by atoms with van der Waals surface area (Å²) in [4.78, 5) is 17.3. The number of para-hydroxylation sites is 1. The number of carbonyl (C=O) groups excluding carboxylic acids is 1. The Morgan fingerprint density at radius 1 is 1.12 bits per heavy atom. The van der Waals surface area contributed by atoms with Crippen molar-refractivity contribution >= 4 is 44.9 Å².